The highest BCUT2D eigenvalue weighted by molar-refractivity contribution is 5.77. The SMILES string of the molecule is CC(=O)CNC1CCC(O)CC1. The zero-order valence-corrected chi connectivity index (χ0v) is 7.55. The van der Waals surface area contributed by atoms with Crippen LogP contribution in [0.5, 0.6) is 0 Å². The second kappa shape index (κ2) is 4.58. The summed E-state index contributed by atoms with van der Waals surface area (Å²) in [7, 11) is 0. The van der Waals surface area contributed by atoms with Gasteiger partial charge in [0, 0.05) is 6.04 Å². The van der Waals surface area contributed by atoms with Crippen molar-refractivity contribution in [2.75, 3.05) is 6.54 Å². The van der Waals surface area contributed by atoms with Gasteiger partial charge in [0.1, 0.15) is 5.78 Å². The second-order valence-electron chi connectivity index (χ2n) is 3.59. The Kier molecular flexibility index (Phi) is 3.69. The summed E-state index contributed by atoms with van der Waals surface area (Å²) in [5.74, 6) is 0.182. The van der Waals surface area contributed by atoms with Crippen molar-refractivity contribution in [1.29, 1.82) is 0 Å². The Balaban J connectivity index is 2.13. The number of carbonyl (C=O) groups excluding carboxylic acids is 1. The van der Waals surface area contributed by atoms with E-state index in [2.05, 4.69) is 5.32 Å². The van der Waals surface area contributed by atoms with Crippen LogP contribution in [0.15, 0.2) is 0 Å². The molecule has 0 saturated heterocycles. The lowest BCUT2D eigenvalue weighted by Crippen LogP contribution is -2.37. The van der Waals surface area contributed by atoms with E-state index in [1.165, 1.54) is 0 Å². The molecule has 0 aliphatic heterocycles. The molecule has 0 atom stereocenters. The van der Waals surface area contributed by atoms with Gasteiger partial charge in [-0.15, -0.1) is 0 Å². The molecule has 1 aliphatic carbocycles. The number of nitrogens with one attached hydrogen (secondary N) is 1. The number of hydrogen-bond acceptors (Lipinski definition) is 3. The van der Waals surface area contributed by atoms with Crippen LogP contribution in [0.4, 0.5) is 0 Å². The molecular formula is C9H17NO2. The Morgan fingerprint density at radius 3 is 2.50 bits per heavy atom. The molecule has 70 valence electrons. The summed E-state index contributed by atoms with van der Waals surface area (Å²) in [6, 6.07) is 0.442. The molecule has 0 aromatic heterocycles. The first kappa shape index (κ1) is 9.68. The Morgan fingerprint density at radius 1 is 1.42 bits per heavy atom. The van der Waals surface area contributed by atoms with Crippen molar-refractivity contribution in [3.05, 3.63) is 0 Å². The molecule has 1 aliphatic rings. The fourth-order valence-corrected chi connectivity index (χ4v) is 1.57. The van der Waals surface area contributed by atoms with Crippen molar-refractivity contribution in [1.82, 2.24) is 5.32 Å². The number of rotatable bonds is 3. The molecule has 1 rings (SSSR count). The molecular weight excluding hydrogens is 154 g/mol. The number of Topliss-reactive ketones (excluding diaryl/α,β-unsaturated/α-hetero) is 1. The lowest BCUT2D eigenvalue weighted by Gasteiger charge is -2.25. The van der Waals surface area contributed by atoms with Crippen molar-refractivity contribution in [3.8, 4) is 0 Å². The molecule has 0 aromatic carbocycles. The maximum Gasteiger partial charge on any atom is 0.143 e. The fourth-order valence-electron chi connectivity index (χ4n) is 1.57. The monoisotopic (exact) mass is 171 g/mol. The highest BCUT2D eigenvalue weighted by Crippen LogP contribution is 2.17. The molecule has 0 aromatic rings. The van der Waals surface area contributed by atoms with E-state index in [1.54, 1.807) is 6.92 Å². The van der Waals surface area contributed by atoms with E-state index in [1.807, 2.05) is 0 Å². The summed E-state index contributed by atoms with van der Waals surface area (Å²) in [6.45, 7) is 2.06. The molecule has 0 radical (unpaired) electrons. The van der Waals surface area contributed by atoms with Gasteiger partial charge in [0.25, 0.3) is 0 Å². The Morgan fingerprint density at radius 2 is 2.00 bits per heavy atom. The number of aliphatic hydroxyl groups is 1. The minimum absolute atomic E-state index is 0.111. The van der Waals surface area contributed by atoms with Crippen LogP contribution in [-0.2, 0) is 4.79 Å². The van der Waals surface area contributed by atoms with Crippen molar-refractivity contribution < 1.29 is 9.90 Å². The molecule has 3 heteroatoms. The molecule has 0 unspecified atom stereocenters. The summed E-state index contributed by atoms with van der Waals surface area (Å²) in [6.07, 6.45) is 3.62. The Hall–Kier alpha value is -0.410. The smallest absolute Gasteiger partial charge is 0.143 e. The second-order valence-corrected chi connectivity index (χ2v) is 3.59. The van der Waals surface area contributed by atoms with Gasteiger partial charge in [-0.05, 0) is 32.6 Å². The van der Waals surface area contributed by atoms with E-state index in [0.717, 1.165) is 25.7 Å². The molecule has 3 nitrogen and oxygen atoms in total. The van der Waals surface area contributed by atoms with Crippen LogP contribution in [0.25, 0.3) is 0 Å². The van der Waals surface area contributed by atoms with Gasteiger partial charge in [0.15, 0.2) is 0 Å². The maximum absolute atomic E-state index is 10.6. The van der Waals surface area contributed by atoms with E-state index >= 15 is 0 Å². The van der Waals surface area contributed by atoms with Crippen molar-refractivity contribution >= 4 is 5.78 Å². The Bertz CT molecular complexity index is 151. The standard InChI is InChI=1S/C9H17NO2/c1-7(11)6-10-8-2-4-9(12)5-3-8/h8-10,12H,2-6H2,1H3. The van der Waals surface area contributed by atoms with Gasteiger partial charge in [-0.3, -0.25) is 4.79 Å². The molecule has 0 spiro atoms. The molecule has 2 N–H and O–H groups in total. The normalized spacial score (nSPS) is 30.2. The van der Waals surface area contributed by atoms with Crippen LogP contribution in [-0.4, -0.2) is 29.6 Å². The Labute approximate surface area is 73.2 Å². The van der Waals surface area contributed by atoms with Crippen LogP contribution >= 0.6 is 0 Å². The third-order valence-corrected chi connectivity index (χ3v) is 2.34. The summed E-state index contributed by atoms with van der Waals surface area (Å²) in [5.41, 5.74) is 0. The van der Waals surface area contributed by atoms with Crippen LogP contribution in [0.2, 0.25) is 0 Å². The minimum atomic E-state index is -0.111. The largest absolute Gasteiger partial charge is 0.393 e. The first-order chi connectivity index (χ1) is 5.68. The molecule has 0 heterocycles. The van der Waals surface area contributed by atoms with Gasteiger partial charge in [-0.1, -0.05) is 0 Å². The van der Waals surface area contributed by atoms with Crippen LogP contribution < -0.4 is 5.32 Å². The summed E-state index contributed by atoms with van der Waals surface area (Å²) in [5, 5.41) is 12.4. The predicted octanol–water partition coefficient (Wildman–Crippen LogP) is 0.468. The first-order valence-corrected chi connectivity index (χ1v) is 4.59. The quantitative estimate of drug-likeness (QED) is 0.649. The van der Waals surface area contributed by atoms with Gasteiger partial charge in [-0.2, -0.15) is 0 Å². The van der Waals surface area contributed by atoms with Gasteiger partial charge in [-0.25, -0.2) is 0 Å². The average Bonchev–Trinajstić information content (AvgIpc) is 2.03. The molecule has 0 bridgehead atoms. The number of ketones is 1. The van der Waals surface area contributed by atoms with E-state index < -0.39 is 0 Å². The van der Waals surface area contributed by atoms with E-state index in [9.17, 15) is 9.90 Å². The lowest BCUT2D eigenvalue weighted by molar-refractivity contribution is -0.116. The molecule has 0 amide bonds. The number of hydrogen-bond donors (Lipinski definition) is 2. The topological polar surface area (TPSA) is 49.3 Å². The van der Waals surface area contributed by atoms with Crippen molar-refractivity contribution in [2.45, 2.75) is 44.8 Å². The summed E-state index contributed by atoms with van der Waals surface area (Å²) < 4.78 is 0. The highest BCUT2D eigenvalue weighted by Gasteiger charge is 2.18. The third-order valence-electron chi connectivity index (χ3n) is 2.34. The minimum Gasteiger partial charge on any atom is -0.393 e. The summed E-state index contributed by atoms with van der Waals surface area (Å²) in [4.78, 5) is 10.6. The van der Waals surface area contributed by atoms with Gasteiger partial charge in [0.05, 0.1) is 12.6 Å². The van der Waals surface area contributed by atoms with Gasteiger partial charge in [0.2, 0.25) is 0 Å². The molecule has 1 fully saturated rings. The third kappa shape index (κ3) is 3.32. The average molecular weight is 171 g/mol. The fraction of sp³-hybridized carbons (Fsp3) is 0.889. The van der Waals surface area contributed by atoms with E-state index in [4.69, 9.17) is 0 Å². The van der Waals surface area contributed by atoms with Crippen LogP contribution in [0.3, 0.4) is 0 Å². The summed E-state index contributed by atoms with van der Waals surface area (Å²) >= 11 is 0. The van der Waals surface area contributed by atoms with Crippen LogP contribution in [0, 0.1) is 0 Å². The zero-order valence-electron chi connectivity index (χ0n) is 7.55. The maximum atomic E-state index is 10.6. The first-order valence-electron chi connectivity index (χ1n) is 4.59. The highest BCUT2D eigenvalue weighted by atomic mass is 16.3. The van der Waals surface area contributed by atoms with Crippen molar-refractivity contribution in [3.63, 3.8) is 0 Å². The van der Waals surface area contributed by atoms with E-state index in [0.29, 0.717) is 12.6 Å². The van der Waals surface area contributed by atoms with Crippen molar-refractivity contribution in [2.24, 2.45) is 0 Å². The van der Waals surface area contributed by atoms with Gasteiger partial charge < -0.3 is 10.4 Å². The molecule has 12 heavy (non-hydrogen) atoms. The lowest BCUT2D eigenvalue weighted by atomic mass is 9.93. The zero-order chi connectivity index (χ0) is 8.97. The number of aliphatic hydroxyl groups excluding tert-OH is 1. The van der Waals surface area contributed by atoms with E-state index in [-0.39, 0.29) is 11.9 Å². The number of carbonyl (C=O) groups is 1. The van der Waals surface area contributed by atoms with Crippen LogP contribution in [0.1, 0.15) is 32.6 Å². The van der Waals surface area contributed by atoms with Gasteiger partial charge >= 0.3 is 0 Å². The molecule has 1 saturated carbocycles. The predicted molar refractivity (Wildman–Crippen MR) is 46.9 cm³/mol.